The monoisotopic (exact) mass is 289 g/mol. The Morgan fingerprint density at radius 3 is 2.42 bits per heavy atom. The Morgan fingerprint density at radius 2 is 1.79 bits per heavy atom. The third-order valence-electron chi connectivity index (χ3n) is 2.01. The van der Waals surface area contributed by atoms with Crippen LogP contribution in [0.15, 0.2) is 30.6 Å². The van der Waals surface area contributed by atoms with Gasteiger partial charge in [-0.25, -0.2) is 4.57 Å². The minimum atomic E-state index is -4.34. The van der Waals surface area contributed by atoms with E-state index in [4.69, 9.17) is 0 Å². The van der Waals surface area contributed by atoms with Gasteiger partial charge in [0.05, 0.1) is 6.61 Å². The third kappa shape index (κ3) is 7.69. The van der Waals surface area contributed by atoms with Crippen LogP contribution in [0.3, 0.4) is 0 Å². The molecule has 0 aliphatic rings. The van der Waals surface area contributed by atoms with Gasteiger partial charge < -0.3 is 18.7 Å². The van der Waals surface area contributed by atoms with Crippen molar-refractivity contribution in [2.75, 3.05) is 19.8 Å². The van der Waals surface area contributed by atoms with Gasteiger partial charge in [0.25, 0.3) is 7.82 Å². The van der Waals surface area contributed by atoms with Crippen LogP contribution in [-0.4, -0.2) is 25.8 Å². The highest BCUT2D eigenvalue weighted by Gasteiger charge is 2.10. The van der Waals surface area contributed by atoms with Crippen LogP contribution in [0.2, 0.25) is 0 Å². The molecule has 8 heteroatoms. The first-order valence-corrected chi connectivity index (χ1v) is 7.13. The van der Waals surface area contributed by atoms with E-state index in [0.29, 0.717) is 6.54 Å². The zero-order valence-corrected chi connectivity index (χ0v) is 11.5. The maximum atomic E-state index is 11.3. The molecule has 1 atom stereocenters. The van der Waals surface area contributed by atoms with Gasteiger partial charge in [-0.1, -0.05) is 6.07 Å². The maximum absolute atomic E-state index is 11.3. The smallest absolute Gasteiger partial charge is 0.302 e. The molecule has 0 radical (unpaired) electrons. The van der Waals surface area contributed by atoms with Crippen molar-refractivity contribution < 1.29 is 32.6 Å². The van der Waals surface area contributed by atoms with Gasteiger partial charge in [-0.2, -0.15) is 0 Å². The Labute approximate surface area is 111 Å². The van der Waals surface area contributed by atoms with E-state index in [0.717, 1.165) is 0 Å². The topological polar surface area (TPSA) is 88.8 Å². The van der Waals surface area contributed by atoms with Crippen molar-refractivity contribution in [2.45, 2.75) is 13.5 Å². The molecule has 1 heterocycles. The molecular formula is C11H16NO6P. The predicted molar refractivity (Wildman–Crippen MR) is 62.8 cm³/mol. The summed E-state index contributed by atoms with van der Waals surface area (Å²) < 4.78 is 26.8. The fraction of sp³-hybridized carbons (Fsp3) is 0.455. The van der Waals surface area contributed by atoms with Gasteiger partial charge in [0.1, 0.15) is 13.2 Å². The second-order valence-electron chi connectivity index (χ2n) is 3.57. The average Bonchev–Trinajstić information content (AvgIpc) is 2.36. The van der Waals surface area contributed by atoms with E-state index in [1.807, 2.05) is 18.2 Å². The van der Waals surface area contributed by atoms with E-state index in [2.05, 4.69) is 13.8 Å². The number of pyridine rings is 1. The van der Waals surface area contributed by atoms with Gasteiger partial charge in [0.2, 0.25) is 0 Å². The quantitative estimate of drug-likeness (QED) is 0.290. The Kier molecular flexibility index (Phi) is 6.66. The Bertz CT molecular complexity index is 438. The number of rotatable bonds is 8. The first-order chi connectivity index (χ1) is 8.99. The molecule has 0 saturated heterocycles. The molecule has 0 N–H and O–H groups in total. The van der Waals surface area contributed by atoms with Crippen molar-refractivity contribution in [2.24, 2.45) is 0 Å². The maximum Gasteiger partial charge on any atom is 0.302 e. The lowest BCUT2D eigenvalue weighted by Crippen LogP contribution is -2.34. The number of ether oxygens (including phenoxy) is 1. The second kappa shape index (κ2) is 8.01. The van der Waals surface area contributed by atoms with Gasteiger partial charge >= 0.3 is 5.97 Å². The van der Waals surface area contributed by atoms with Crippen molar-refractivity contribution in [3.05, 3.63) is 30.6 Å². The predicted octanol–water partition coefficient (Wildman–Crippen LogP) is 0.0388. The molecule has 0 aliphatic heterocycles. The van der Waals surface area contributed by atoms with Crippen LogP contribution in [0.5, 0.6) is 0 Å². The van der Waals surface area contributed by atoms with Crippen LogP contribution in [0, 0.1) is 0 Å². The van der Waals surface area contributed by atoms with E-state index >= 15 is 0 Å². The molecule has 0 fully saturated rings. The number of aromatic nitrogens is 1. The molecule has 1 aromatic rings. The molecule has 106 valence electrons. The third-order valence-corrected chi connectivity index (χ3v) is 3.01. The minimum Gasteiger partial charge on any atom is -0.756 e. The van der Waals surface area contributed by atoms with Crippen LogP contribution in [0.1, 0.15) is 6.92 Å². The highest BCUT2D eigenvalue weighted by molar-refractivity contribution is 7.45. The highest BCUT2D eigenvalue weighted by Crippen LogP contribution is 2.37. The lowest BCUT2D eigenvalue weighted by Gasteiger charge is -2.21. The molecule has 0 spiro atoms. The van der Waals surface area contributed by atoms with Crippen molar-refractivity contribution in [1.82, 2.24) is 0 Å². The first kappa shape index (κ1) is 15.8. The summed E-state index contributed by atoms with van der Waals surface area (Å²) in [5.41, 5.74) is 0. The summed E-state index contributed by atoms with van der Waals surface area (Å²) in [7, 11) is -4.34. The molecule has 7 nitrogen and oxygen atoms in total. The lowest BCUT2D eigenvalue weighted by atomic mass is 10.5. The molecule has 1 aromatic heterocycles. The SMILES string of the molecule is CC(=O)OCCOP(=O)([O-])OCC[n+]1ccccc1. The first-order valence-electron chi connectivity index (χ1n) is 5.67. The zero-order valence-electron chi connectivity index (χ0n) is 10.6. The number of hydrogen-bond acceptors (Lipinski definition) is 6. The number of carbonyl (C=O) groups excluding carboxylic acids is 1. The largest absolute Gasteiger partial charge is 0.756 e. The van der Waals surface area contributed by atoms with E-state index in [1.54, 1.807) is 17.0 Å². The normalized spacial score (nSPS) is 13.8. The number of esters is 1. The molecule has 19 heavy (non-hydrogen) atoms. The Balaban J connectivity index is 2.19. The van der Waals surface area contributed by atoms with Crippen LogP contribution in [0.4, 0.5) is 0 Å². The molecule has 0 aliphatic carbocycles. The van der Waals surface area contributed by atoms with Crippen LogP contribution >= 0.6 is 7.82 Å². The number of hydrogen-bond donors (Lipinski definition) is 0. The number of carbonyl (C=O) groups is 1. The lowest BCUT2D eigenvalue weighted by molar-refractivity contribution is -0.697. The summed E-state index contributed by atoms with van der Waals surface area (Å²) in [4.78, 5) is 21.7. The number of nitrogens with zero attached hydrogens (tertiary/aromatic N) is 1. The minimum absolute atomic E-state index is 0.0248. The van der Waals surface area contributed by atoms with E-state index in [-0.39, 0.29) is 19.8 Å². The van der Waals surface area contributed by atoms with Crippen molar-refractivity contribution in [3.63, 3.8) is 0 Å². The van der Waals surface area contributed by atoms with Gasteiger partial charge in [0.15, 0.2) is 18.9 Å². The van der Waals surface area contributed by atoms with E-state index in [1.165, 1.54) is 6.92 Å². The molecule has 0 bridgehead atoms. The highest BCUT2D eigenvalue weighted by atomic mass is 31.2. The van der Waals surface area contributed by atoms with Crippen LogP contribution < -0.4 is 9.46 Å². The molecule has 1 rings (SSSR count). The summed E-state index contributed by atoms with van der Waals surface area (Å²) in [5, 5.41) is 0. The Morgan fingerprint density at radius 1 is 1.16 bits per heavy atom. The molecule has 0 aromatic carbocycles. The number of phosphoric ester groups is 1. The van der Waals surface area contributed by atoms with Crippen molar-refractivity contribution in [1.29, 1.82) is 0 Å². The summed E-state index contributed by atoms with van der Waals surface area (Å²) in [6, 6.07) is 5.51. The van der Waals surface area contributed by atoms with Gasteiger partial charge in [-0.3, -0.25) is 9.36 Å². The molecule has 0 amide bonds. The molecular weight excluding hydrogens is 273 g/mol. The zero-order chi connectivity index (χ0) is 14.1. The van der Waals surface area contributed by atoms with Crippen LogP contribution in [0.25, 0.3) is 0 Å². The second-order valence-corrected chi connectivity index (χ2v) is 4.98. The van der Waals surface area contributed by atoms with E-state index in [9.17, 15) is 14.3 Å². The molecule has 0 saturated carbocycles. The summed E-state index contributed by atoms with van der Waals surface area (Å²) in [5.74, 6) is -0.495. The molecule has 1 unspecified atom stereocenters. The summed E-state index contributed by atoms with van der Waals surface area (Å²) >= 11 is 0. The standard InChI is InChI=1S/C11H16NO6P/c1-11(13)16-9-10-18-19(14,15)17-8-7-12-5-3-2-4-6-12/h2-6H,7-10H2,1H3. The van der Waals surface area contributed by atoms with Gasteiger partial charge in [-0.05, 0) is 0 Å². The fourth-order valence-electron chi connectivity index (χ4n) is 1.21. The average molecular weight is 289 g/mol. The summed E-state index contributed by atoms with van der Waals surface area (Å²) in [6.07, 6.45) is 3.58. The number of phosphoric acid groups is 1. The summed E-state index contributed by atoms with van der Waals surface area (Å²) in [6.45, 7) is 1.21. The van der Waals surface area contributed by atoms with Crippen molar-refractivity contribution in [3.8, 4) is 0 Å². The Hall–Kier alpha value is -1.27. The van der Waals surface area contributed by atoms with Gasteiger partial charge in [0, 0.05) is 19.1 Å². The van der Waals surface area contributed by atoms with Crippen LogP contribution in [-0.2, 0) is 29.7 Å². The van der Waals surface area contributed by atoms with Crippen molar-refractivity contribution >= 4 is 13.8 Å². The van der Waals surface area contributed by atoms with E-state index < -0.39 is 13.8 Å². The van der Waals surface area contributed by atoms with Gasteiger partial charge in [-0.15, -0.1) is 0 Å². The fourth-order valence-corrected chi connectivity index (χ4v) is 1.89.